The van der Waals surface area contributed by atoms with Crippen molar-refractivity contribution in [3.05, 3.63) is 28.3 Å². The molecule has 1 aromatic carbocycles. The lowest BCUT2D eigenvalue weighted by atomic mass is 10.3. The minimum atomic E-state index is -3.66. The van der Waals surface area contributed by atoms with Gasteiger partial charge in [-0.1, -0.05) is 13.8 Å². The summed E-state index contributed by atoms with van der Waals surface area (Å²) < 4.78 is 26.7. The Kier molecular flexibility index (Phi) is 6.10. The second kappa shape index (κ2) is 7.37. The number of hydrogen-bond acceptors (Lipinski definition) is 5. The Morgan fingerprint density at radius 1 is 1.29 bits per heavy atom. The van der Waals surface area contributed by atoms with Gasteiger partial charge in [0.1, 0.15) is 4.90 Å². The van der Waals surface area contributed by atoms with Crippen molar-refractivity contribution in [2.45, 2.75) is 32.1 Å². The molecule has 7 nitrogen and oxygen atoms in total. The number of non-ortho nitro benzene ring substituents is 1. The summed E-state index contributed by atoms with van der Waals surface area (Å²) in [5.41, 5.74) is 0.129. The first-order valence-electron chi connectivity index (χ1n) is 6.90. The molecule has 1 N–H and O–H groups in total. The van der Waals surface area contributed by atoms with Gasteiger partial charge in [0.15, 0.2) is 0 Å². The number of rotatable bonds is 8. The maximum Gasteiger partial charge on any atom is 0.271 e. The van der Waals surface area contributed by atoms with Crippen molar-refractivity contribution in [2.75, 3.05) is 25.0 Å². The smallest absolute Gasteiger partial charge is 0.271 e. The highest BCUT2D eigenvalue weighted by Gasteiger charge is 2.26. The minimum Gasteiger partial charge on any atom is -0.384 e. The van der Waals surface area contributed by atoms with Gasteiger partial charge in [-0.3, -0.25) is 10.1 Å². The van der Waals surface area contributed by atoms with Gasteiger partial charge in [0.25, 0.3) is 5.69 Å². The van der Waals surface area contributed by atoms with E-state index in [-0.39, 0.29) is 16.3 Å². The molecule has 118 valence electrons. The topological polar surface area (TPSA) is 92.5 Å². The molecule has 0 fully saturated rings. The molecule has 0 aliphatic rings. The Balaban J connectivity index is 3.36. The Bertz CT molecular complexity index is 601. The third-order valence-corrected chi connectivity index (χ3v) is 5.02. The van der Waals surface area contributed by atoms with E-state index in [1.807, 2.05) is 6.92 Å². The summed E-state index contributed by atoms with van der Waals surface area (Å²) in [5, 5.41) is 13.7. The van der Waals surface area contributed by atoms with Crippen LogP contribution in [0.15, 0.2) is 23.1 Å². The van der Waals surface area contributed by atoms with Crippen LogP contribution in [0.2, 0.25) is 0 Å². The highest BCUT2D eigenvalue weighted by atomic mass is 32.2. The zero-order valence-corrected chi connectivity index (χ0v) is 13.3. The Morgan fingerprint density at radius 2 is 1.95 bits per heavy atom. The molecule has 0 amide bonds. The molecule has 8 heteroatoms. The molecule has 0 aliphatic heterocycles. The lowest BCUT2D eigenvalue weighted by molar-refractivity contribution is -0.384. The van der Waals surface area contributed by atoms with E-state index in [2.05, 4.69) is 5.32 Å². The van der Waals surface area contributed by atoms with Crippen molar-refractivity contribution in [2.24, 2.45) is 0 Å². The minimum absolute atomic E-state index is 0.0743. The van der Waals surface area contributed by atoms with Crippen LogP contribution in [-0.2, 0) is 10.0 Å². The standard InChI is InChI=1S/C13H21N3O4S/c1-4-9-15(6-3)21(19,20)13-8-7-11(16(17)18)10-12(13)14-5-2/h7-8,10,14H,4-6,9H2,1-3H3. The number of nitrogens with zero attached hydrogens (tertiary/aromatic N) is 2. The van der Waals surface area contributed by atoms with Gasteiger partial charge in [0.2, 0.25) is 10.0 Å². The van der Waals surface area contributed by atoms with Crippen molar-refractivity contribution >= 4 is 21.4 Å². The van der Waals surface area contributed by atoms with Crippen molar-refractivity contribution in [1.29, 1.82) is 0 Å². The van der Waals surface area contributed by atoms with Crippen LogP contribution in [0.25, 0.3) is 0 Å². The second-order valence-corrected chi connectivity index (χ2v) is 6.37. The van der Waals surface area contributed by atoms with Gasteiger partial charge < -0.3 is 5.32 Å². The fourth-order valence-electron chi connectivity index (χ4n) is 2.02. The largest absolute Gasteiger partial charge is 0.384 e. The molecule has 0 atom stereocenters. The Hall–Kier alpha value is -1.67. The summed E-state index contributed by atoms with van der Waals surface area (Å²) in [4.78, 5) is 10.4. The van der Waals surface area contributed by atoms with Crippen molar-refractivity contribution in [3.8, 4) is 0 Å². The first-order chi connectivity index (χ1) is 9.88. The van der Waals surface area contributed by atoms with E-state index < -0.39 is 14.9 Å². The van der Waals surface area contributed by atoms with Gasteiger partial charge in [-0.05, 0) is 19.4 Å². The zero-order valence-electron chi connectivity index (χ0n) is 12.5. The van der Waals surface area contributed by atoms with E-state index in [9.17, 15) is 18.5 Å². The van der Waals surface area contributed by atoms with Crippen LogP contribution in [-0.4, -0.2) is 37.3 Å². The quantitative estimate of drug-likeness (QED) is 0.587. The molecule has 1 aromatic rings. The van der Waals surface area contributed by atoms with Gasteiger partial charge >= 0.3 is 0 Å². The summed E-state index contributed by atoms with van der Waals surface area (Å²) in [6.07, 6.45) is 0.705. The molecule has 0 saturated carbocycles. The SMILES string of the molecule is CCCN(CC)S(=O)(=O)c1ccc([N+](=O)[O-])cc1NCC. The van der Waals surface area contributed by atoms with Crippen molar-refractivity contribution in [1.82, 2.24) is 4.31 Å². The second-order valence-electron chi connectivity index (χ2n) is 4.46. The predicted molar refractivity (Wildman–Crippen MR) is 82.0 cm³/mol. The van der Waals surface area contributed by atoms with Crippen molar-refractivity contribution < 1.29 is 13.3 Å². The van der Waals surface area contributed by atoms with Crippen LogP contribution < -0.4 is 5.32 Å². The van der Waals surface area contributed by atoms with E-state index in [1.54, 1.807) is 13.8 Å². The molecular formula is C13H21N3O4S. The molecule has 0 unspecified atom stereocenters. The molecule has 0 bridgehead atoms. The fraction of sp³-hybridized carbons (Fsp3) is 0.538. The average Bonchev–Trinajstić information content (AvgIpc) is 2.44. The predicted octanol–water partition coefficient (Wildman–Crippen LogP) is 2.45. The van der Waals surface area contributed by atoms with Gasteiger partial charge in [-0.15, -0.1) is 0 Å². The van der Waals surface area contributed by atoms with E-state index in [1.165, 1.54) is 22.5 Å². The first kappa shape index (κ1) is 17.4. The van der Waals surface area contributed by atoms with Crippen LogP contribution >= 0.6 is 0 Å². The van der Waals surface area contributed by atoms with Crippen LogP contribution in [0.4, 0.5) is 11.4 Å². The van der Waals surface area contributed by atoms with Crippen LogP contribution in [0.1, 0.15) is 27.2 Å². The van der Waals surface area contributed by atoms with E-state index in [4.69, 9.17) is 0 Å². The average molecular weight is 315 g/mol. The van der Waals surface area contributed by atoms with Gasteiger partial charge in [0, 0.05) is 31.8 Å². The molecule has 21 heavy (non-hydrogen) atoms. The van der Waals surface area contributed by atoms with Crippen LogP contribution in [0.5, 0.6) is 0 Å². The Labute approximate surface area is 125 Å². The molecule has 0 radical (unpaired) electrons. The van der Waals surface area contributed by atoms with E-state index in [0.29, 0.717) is 26.1 Å². The summed E-state index contributed by atoms with van der Waals surface area (Å²) in [7, 11) is -3.66. The zero-order chi connectivity index (χ0) is 16.0. The lowest BCUT2D eigenvalue weighted by Crippen LogP contribution is -2.32. The summed E-state index contributed by atoms with van der Waals surface area (Å²) in [6, 6.07) is 3.77. The fourth-order valence-corrected chi connectivity index (χ4v) is 3.71. The number of nitro groups is 1. The highest BCUT2D eigenvalue weighted by molar-refractivity contribution is 7.89. The number of sulfonamides is 1. The molecule has 0 aromatic heterocycles. The van der Waals surface area contributed by atoms with Crippen molar-refractivity contribution in [3.63, 3.8) is 0 Å². The molecular weight excluding hydrogens is 294 g/mol. The van der Waals surface area contributed by atoms with Gasteiger partial charge in [-0.25, -0.2) is 8.42 Å². The number of hydrogen-bond donors (Lipinski definition) is 1. The molecule has 0 saturated heterocycles. The Morgan fingerprint density at radius 3 is 2.43 bits per heavy atom. The van der Waals surface area contributed by atoms with Crippen LogP contribution in [0.3, 0.4) is 0 Å². The summed E-state index contributed by atoms with van der Waals surface area (Å²) in [6.45, 7) is 6.73. The molecule has 0 aliphatic carbocycles. The van der Waals surface area contributed by atoms with Gasteiger partial charge in [-0.2, -0.15) is 4.31 Å². The third kappa shape index (κ3) is 3.92. The number of nitrogens with one attached hydrogen (secondary N) is 1. The van der Waals surface area contributed by atoms with Gasteiger partial charge in [0.05, 0.1) is 10.6 Å². The maximum absolute atomic E-state index is 12.6. The normalized spacial score (nSPS) is 11.6. The first-order valence-corrected chi connectivity index (χ1v) is 8.34. The number of anilines is 1. The highest BCUT2D eigenvalue weighted by Crippen LogP contribution is 2.28. The van der Waals surface area contributed by atoms with E-state index in [0.717, 1.165) is 0 Å². The molecule has 1 rings (SSSR count). The number of nitro benzene ring substituents is 1. The summed E-state index contributed by atoms with van der Waals surface area (Å²) in [5.74, 6) is 0. The molecule has 0 heterocycles. The van der Waals surface area contributed by atoms with Crippen LogP contribution in [0, 0.1) is 10.1 Å². The lowest BCUT2D eigenvalue weighted by Gasteiger charge is -2.21. The summed E-state index contributed by atoms with van der Waals surface area (Å²) >= 11 is 0. The van der Waals surface area contributed by atoms with E-state index >= 15 is 0 Å². The molecule has 0 spiro atoms. The number of benzene rings is 1. The maximum atomic E-state index is 12.6. The monoisotopic (exact) mass is 315 g/mol. The third-order valence-electron chi connectivity index (χ3n) is 2.98.